The van der Waals surface area contributed by atoms with Crippen molar-refractivity contribution in [3.63, 3.8) is 0 Å². The Balaban J connectivity index is 1.59. The van der Waals surface area contributed by atoms with Gasteiger partial charge in [0.15, 0.2) is 0 Å². The van der Waals surface area contributed by atoms with E-state index in [0.717, 1.165) is 25.7 Å². The molecule has 1 aromatic rings. The molecule has 0 heterocycles. The summed E-state index contributed by atoms with van der Waals surface area (Å²) in [6.45, 7) is 3.95. The SMILES string of the molecule is C=C1CC[C@H](OC(=O)C2=CCC(c3ccccc3)C=C2)C1. The standard InChI is InChI=1S/C19H20O2/c1-14-7-12-18(13-14)21-19(20)17-10-8-16(9-11-17)15-5-3-2-4-6-15/h2-6,8,10-11,16,18H,1,7,9,12-13H2/t16?,18-/m0/s1. The molecule has 1 unspecified atom stereocenters. The van der Waals surface area contributed by atoms with Gasteiger partial charge in [0, 0.05) is 12.3 Å². The zero-order valence-electron chi connectivity index (χ0n) is 12.1. The zero-order chi connectivity index (χ0) is 14.7. The largest absolute Gasteiger partial charge is 0.458 e. The number of carbonyl (C=O) groups is 1. The Kier molecular flexibility index (Phi) is 4.05. The van der Waals surface area contributed by atoms with E-state index in [9.17, 15) is 4.79 Å². The number of allylic oxidation sites excluding steroid dienone is 2. The summed E-state index contributed by atoms with van der Waals surface area (Å²) in [6, 6.07) is 10.4. The van der Waals surface area contributed by atoms with Crippen molar-refractivity contribution in [2.45, 2.75) is 37.7 Å². The van der Waals surface area contributed by atoms with Crippen LogP contribution in [0, 0.1) is 0 Å². The Morgan fingerprint density at radius 2 is 2.05 bits per heavy atom. The summed E-state index contributed by atoms with van der Waals surface area (Å²) < 4.78 is 5.54. The normalized spacial score (nSPS) is 24.8. The third-order valence-corrected chi connectivity index (χ3v) is 4.17. The molecule has 1 saturated carbocycles. The number of ether oxygens (including phenoxy) is 1. The fourth-order valence-corrected chi connectivity index (χ4v) is 2.93. The summed E-state index contributed by atoms with van der Waals surface area (Å²) in [4.78, 5) is 12.1. The highest BCUT2D eigenvalue weighted by atomic mass is 16.5. The molecule has 108 valence electrons. The third kappa shape index (κ3) is 3.33. The molecule has 2 aliphatic carbocycles. The van der Waals surface area contributed by atoms with Crippen LogP contribution in [0.15, 0.2) is 66.3 Å². The fraction of sp³-hybridized carbons (Fsp3) is 0.316. The van der Waals surface area contributed by atoms with Gasteiger partial charge in [0.05, 0.1) is 5.57 Å². The van der Waals surface area contributed by atoms with Crippen molar-refractivity contribution in [1.29, 1.82) is 0 Å². The minimum atomic E-state index is -0.197. The van der Waals surface area contributed by atoms with Gasteiger partial charge in [0.25, 0.3) is 0 Å². The molecule has 0 N–H and O–H groups in total. The lowest BCUT2D eigenvalue weighted by atomic mass is 9.90. The minimum absolute atomic E-state index is 0.0196. The number of rotatable bonds is 3. The van der Waals surface area contributed by atoms with E-state index in [1.165, 1.54) is 11.1 Å². The van der Waals surface area contributed by atoms with Gasteiger partial charge in [-0.15, -0.1) is 0 Å². The van der Waals surface area contributed by atoms with Crippen LogP contribution in [0.5, 0.6) is 0 Å². The minimum Gasteiger partial charge on any atom is -0.458 e. The highest BCUT2D eigenvalue weighted by molar-refractivity contribution is 5.92. The molecule has 21 heavy (non-hydrogen) atoms. The summed E-state index contributed by atoms with van der Waals surface area (Å²) in [7, 11) is 0. The van der Waals surface area contributed by atoms with Gasteiger partial charge in [-0.05, 0) is 24.8 Å². The van der Waals surface area contributed by atoms with Crippen LogP contribution in [-0.4, -0.2) is 12.1 Å². The second kappa shape index (κ2) is 6.13. The number of benzene rings is 1. The van der Waals surface area contributed by atoms with Gasteiger partial charge in [0.1, 0.15) is 6.10 Å². The summed E-state index contributed by atoms with van der Waals surface area (Å²) >= 11 is 0. The lowest BCUT2D eigenvalue weighted by Crippen LogP contribution is -2.17. The van der Waals surface area contributed by atoms with E-state index in [1.807, 2.05) is 30.4 Å². The van der Waals surface area contributed by atoms with E-state index in [0.29, 0.717) is 11.5 Å². The number of hydrogen-bond donors (Lipinski definition) is 0. The molecule has 1 fully saturated rings. The highest BCUT2D eigenvalue weighted by Crippen LogP contribution is 2.29. The molecule has 0 saturated heterocycles. The molecule has 2 aliphatic rings. The first-order valence-electron chi connectivity index (χ1n) is 7.53. The van der Waals surface area contributed by atoms with Crippen LogP contribution in [0.1, 0.15) is 37.2 Å². The molecule has 0 amide bonds. The van der Waals surface area contributed by atoms with Crippen molar-refractivity contribution in [3.8, 4) is 0 Å². The number of esters is 1. The quantitative estimate of drug-likeness (QED) is 0.609. The molecule has 0 aliphatic heterocycles. The maximum atomic E-state index is 12.1. The Morgan fingerprint density at radius 3 is 2.67 bits per heavy atom. The second-order valence-electron chi connectivity index (χ2n) is 5.79. The van der Waals surface area contributed by atoms with Crippen LogP contribution < -0.4 is 0 Å². The average Bonchev–Trinajstić information content (AvgIpc) is 2.93. The molecule has 0 aromatic heterocycles. The van der Waals surface area contributed by atoms with Gasteiger partial charge in [-0.2, -0.15) is 0 Å². The van der Waals surface area contributed by atoms with Crippen molar-refractivity contribution in [1.82, 2.24) is 0 Å². The van der Waals surface area contributed by atoms with Crippen LogP contribution in [0.25, 0.3) is 0 Å². The predicted molar refractivity (Wildman–Crippen MR) is 83.9 cm³/mol. The first-order chi connectivity index (χ1) is 10.2. The van der Waals surface area contributed by atoms with E-state index < -0.39 is 0 Å². The van der Waals surface area contributed by atoms with E-state index in [4.69, 9.17) is 4.74 Å². The van der Waals surface area contributed by atoms with Crippen molar-refractivity contribution in [2.75, 3.05) is 0 Å². The zero-order valence-corrected chi connectivity index (χ0v) is 12.1. The monoisotopic (exact) mass is 280 g/mol. The van der Waals surface area contributed by atoms with Crippen molar-refractivity contribution >= 4 is 5.97 Å². The van der Waals surface area contributed by atoms with Gasteiger partial charge in [-0.1, -0.05) is 60.7 Å². The van der Waals surface area contributed by atoms with Gasteiger partial charge in [-0.3, -0.25) is 0 Å². The molecule has 2 atom stereocenters. The summed E-state index contributed by atoms with van der Waals surface area (Å²) in [5.74, 6) is 0.159. The Hall–Kier alpha value is -2.09. The molecular formula is C19H20O2. The summed E-state index contributed by atoms with van der Waals surface area (Å²) in [6.07, 6.45) is 9.55. The van der Waals surface area contributed by atoms with E-state index >= 15 is 0 Å². The van der Waals surface area contributed by atoms with Crippen LogP contribution in [0.4, 0.5) is 0 Å². The first-order valence-corrected chi connectivity index (χ1v) is 7.53. The van der Waals surface area contributed by atoms with Gasteiger partial charge in [-0.25, -0.2) is 4.79 Å². The van der Waals surface area contributed by atoms with E-state index in [-0.39, 0.29) is 12.1 Å². The maximum absolute atomic E-state index is 12.1. The molecule has 3 rings (SSSR count). The van der Waals surface area contributed by atoms with Crippen LogP contribution in [0.2, 0.25) is 0 Å². The topological polar surface area (TPSA) is 26.3 Å². The Morgan fingerprint density at radius 1 is 1.24 bits per heavy atom. The van der Waals surface area contributed by atoms with E-state index in [2.05, 4.69) is 24.8 Å². The number of hydrogen-bond acceptors (Lipinski definition) is 2. The van der Waals surface area contributed by atoms with Gasteiger partial charge >= 0.3 is 5.97 Å². The van der Waals surface area contributed by atoms with Crippen LogP contribution in [0.3, 0.4) is 0 Å². The van der Waals surface area contributed by atoms with Crippen LogP contribution >= 0.6 is 0 Å². The fourth-order valence-electron chi connectivity index (χ4n) is 2.93. The van der Waals surface area contributed by atoms with Gasteiger partial charge < -0.3 is 4.74 Å². The lowest BCUT2D eigenvalue weighted by molar-refractivity contribution is -0.143. The van der Waals surface area contributed by atoms with Crippen molar-refractivity contribution < 1.29 is 9.53 Å². The molecular weight excluding hydrogens is 260 g/mol. The molecule has 2 nitrogen and oxygen atoms in total. The number of carbonyl (C=O) groups excluding carboxylic acids is 1. The maximum Gasteiger partial charge on any atom is 0.338 e. The molecule has 0 bridgehead atoms. The van der Waals surface area contributed by atoms with Crippen molar-refractivity contribution in [2.24, 2.45) is 0 Å². The summed E-state index contributed by atoms with van der Waals surface area (Å²) in [5.41, 5.74) is 3.15. The van der Waals surface area contributed by atoms with Crippen molar-refractivity contribution in [3.05, 3.63) is 71.8 Å². The molecule has 0 spiro atoms. The van der Waals surface area contributed by atoms with E-state index in [1.54, 1.807) is 0 Å². The third-order valence-electron chi connectivity index (χ3n) is 4.17. The Labute approximate surface area is 125 Å². The molecule has 0 radical (unpaired) electrons. The lowest BCUT2D eigenvalue weighted by Gasteiger charge is -2.17. The second-order valence-corrected chi connectivity index (χ2v) is 5.79. The first kappa shape index (κ1) is 13.9. The summed E-state index contributed by atoms with van der Waals surface area (Å²) in [5, 5.41) is 0. The smallest absolute Gasteiger partial charge is 0.338 e. The molecule has 1 aromatic carbocycles. The Bertz CT molecular complexity index is 595. The predicted octanol–water partition coefficient (Wildman–Crippen LogP) is 4.31. The molecule has 2 heteroatoms. The highest BCUT2D eigenvalue weighted by Gasteiger charge is 2.23. The van der Waals surface area contributed by atoms with Crippen LogP contribution in [-0.2, 0) is 9.53 Å². The average molecular weight is 280 g/mol. The van der Waals surface area contributed by atoms with Gasteiger partial charge in [0.2, 0.25) is 0 Å².